The van der Waals surface area contributed by atoms with Crippen LogP contribution in [0.25, 0.3) is 0 Å². The molecule has 0 spiro atoms. The highest BCUT2D eigenvalue weighted by Crippen LogP contribution is 2.38. The highest BCUT2D eigenvalue weighted by molar-refractivity contribution is 5.56. The summed E-state index contributed by atoms with van der Waals surface area (Å²) < 4.78 is 0. The van der Waals surface area contributed by atoms with Crippen LogP contribution >= 0.6 is 0 Å². The van der Waals surface area contributed by atoms with Gasteiger partial charge in [0.05, 0.1) is 0 Å². The number of hydrogen-bond donors (Lipinski definition) is 0. The third-order valence-corrected chi connectivity index (χ3v) is 1.97. The largest absolute Gasteiger partial charge is 0.0622 e. The standard InChI is InChI=1S/C10H10/c1-8-5-3-2-4-6-9-7-10(8)9/h2-6H,7H2,1H3. The van der Waals surface area contributed by atoms with Crippen LogP contribution < -0.4 is 0 Å². The maximum atomic E-state index is 2.20. The zero-order chi connectivity index (χ0) is 6.97. The fourth-order valence-electron chi connectivity index (χ4n) is 1.23. The van der Waals surface area contributed by atoms with Crippen LogP contribution in [0.4, 0.5) is 0 Å². The number of rotatable bonds is 0. The van der Waals surface area contributed by atoms with Gasteiger partial charge in [0.25, 0.3) is 0 Å². The van der Waals surface area contributed by atoms with E-state index in [1.807, 2.05) is 0 Å². The van der Waals surface area contributed by atoms with Crippen molar-refractivity contribution >= 4 is 0 Å². The summed E-state index contributed by atoms with van der Waals surface area (Å²) in [7, 11) is 0. The van der Waals surface area contributed by atoms with E-state index in [2.05, 4.69) is 37.3 Å². The van der Waals surface area contributed by atoms with Gasteiger partial charge < -0.3 is 0 Å². The van der Waals surface area contributed by atoms with Crippen molar-refractivity contribution in [3.8, 4) is 0 Å². The Balaban J connectivity index is 2.37. The lowest BCUT2D eigenvalue weighted by Gasteiger charge is -1.88. The number of hydrogen-bond acceptors (Lipinski definition) is 0. The zero-order valence-electron chi connectivity index (χ0n) is 6.09. The molecule has 0 radical (unpaired) electrons. The molecular formula is C10H10. The van der Waals surface area contributed by atoms with Crippen molar-refractivity contribution in [2.45, 2.75) is 13.3 Å². The number of allylic oxidation sites excluding steroid dienone is 8. The quantitative estimate of drug-likeness (QED) is 0.473. The highest BCUT2D eigenvalue weighted by atomic mass is 14.2. The van der Waals surface area contributed by atoms with Crippen molar-refractivity contribution in [3.63, 3.8) is 0 Å². The lowest BCUT2D eigenvalue weighted by Crippen LogP contribution is -1.68. The minimum absolute atomic E-state index is 1.21. The van der Waals surface area contributed by atoms with Crippen LogP contribution in [0.15, 0.2) is 47.1 Å². The molecule has 2 rings (SSSR count). The molecule has 0 saturated carbocycles. The summed E-state index contributed by atoms with van der Waals surface area (Å²) in [5, 5.41) is 0. The average Bonchev–Trinajstić information content (AvgIpc) is 2.62. The monoisotopic (exact) mass is 130 g/mol. The summed E-state index contributed by atoms with van der Waals surface area (Å²) in [6.45, 7) is 2.17. The molecule has 0 amide bonds. The second-order valence-electron chi connectivity index (χ2n) is 2.77. The molecule has 0 heteroatoms. The van der Waals surface area contributed by atoms with Gasteiger partial charge in [-0.2, -0.15) is 0 Å². The summed E-state index contributed by atoms with van der Waals surface area (Å²) in [6, 6.07) is 0. The molecule has 10 heavy (non-hydrogen) atoms. The first kappa shape index (κ1) is 5.72. The first-order valence-corrected chi connectivity index (χ1v) is 3.62. The van der Waals surface area contributed by atoms with E-state index in [9.17, 15) is 0 Å². The summed E-state index contributed by atoms with van der Waals surface area (Å²) in [4.78, 5) is 0. The normalized spacial score (nSPS) is 21.5. The van der Waals surface area contributed by atoms with E-state index in [0.717, 1.165) is 0 Å². The van der Waals surface area contributed by atoms with Gasteiger partial charge in [-0.25, -0.2) is 0 Å². The SMILES string of the molecule is CC1=CC=CC=CC2=C1C2. The molecule has 0 aromatic rings. The van der Waals surface area contributed by atoms with Crippen molar-refractivity contribution in [2.75, 3.05) is 0 Å². The van der Waals surface area contributed by atoms with Gasteiger partial charge >= 0.3 is 0 Å². The van der Waals surface area contributed by atoms with E-state index in [4.69, 9.17) is 0 Å². The molecule has 50 valence electrons. The lowest BCUT2D eigenvalue weighted by atomic mass is 10.2. The minimum atomic E-state index is 1.21. The Kier molecular flexibility index (Phi) is 1.13. The van der Waals surface area contributed by atoms with Gasteiger partial charge in [-0.05, 0) is 30.1 Å². The van der Waals surface area contributed by atoms with Gasteiger partial charge in [-0.3, -0.25) is 0 Å². The smallest absolute Gasteiger partial charge is 0.00173 e. The summed E-state index contributed by atoms with van der Waals surface area (Å²) >= 11 is 0. The molecule has 2 aliphatic rings. The molecule has 0 atom stereocenters. The van der Waals surface area contributed by atoms with Gasteiger partial charge in [0.15, 0.2) is 0 Å². The molecule has 0 aromatic heterocycles. The van der Waals surface area contributed by atoms with E-state index < -0.39 is 0 Å². The second kappa shape index (κ2) is 1.98. The van der Waals surface area contributed by atoms with E-state index in [1.54, 1.807) is 5.57 Å². The third kappa shape index (κ3) is 0.860. The van der Waals surface area contributed by atoms with Gasteiger partial charge in [0.1, 0.15) is 0 Å². The molecular weight excluding hydrogens is 120 g/mol. The molecule has 0 heterocycles. The van der Waals surface area contributed by atoms with Crippen molar-refractivity contribution in [3.05, 3.63) is 47.1 Å². The van der Waals surface area contributed by atoms with Gasteiger partial charge in [-0.1, -0.05) is 30.4 Å². The Labute approximate surface area is 61.3 Å². The fraction of sp³-hybridized carbons (Fsp3) is 0.200. The summed E-state index contributed by atoms with van der Waals surface area (Å²) in [6.07, 6.45) is 11.8. The molecule has 2 aliphatic carbocycles. The topological polar surface area (TPSA) is 0 Å². The molecule has 0 bridgehead atoms. The second-order valence-corrected chi connectivity index (χ2v) is 2.77. The van der Waals surface area contributed by atoms with Crippen LogP contribution in [0.2, 0.25) is 0 Å². The van der Waals surface area contributed by atoms with Crippen LogP contribution in [-0.4, -0.2) is 0 Å². The summed E-state index contributed by atoms with van der Waals surface area (Å²) in [5.74, 6) is 0. The lowest BCUT2D eigenvalue weighted by molar-refractivity contribution is 1.41. The Hall–Kier alpha value is -1.04. The van der Waals surface area contributed by atoms with Gasteiger partial charge in [-0.15, -0.1) is 0 Å². The Bertz CT molecular complexity index is 272. The summed E-state index contributed by atoms with van der Waals surface area (Å²) in [5.41, 5.74) is 4.48. The van der Waals surface area contributed by atoms with Crippen molar-refractivity contribution in [1.29, 1.82) is 0 Å². The van der Waals surface area contributed by atoms with E-state index in [-0.39, 0.29) is 0 Å². The molecule has 0 aromatic carbocycles. The van der Waals surface area contributed by atoms with Crippen molar-refractivity contribution in [2.24, 2.45) is 0 Å². The predicted octanol–water partition coefficient (Wildman–Crippen LogP) is 2.76. The Morgan fingerprint density at radius 2 is 2.10 bits per heavy atom. The Morgan fingerprint density at radius 1 is 1.20 bits per heavy atom. The van der Waals surface area contributed by atoms with E-state index in [1.165, 1.54) is 17.6 Å². The van der Waals surface area contributed by atoms with Gasteiger partial charge in [0, 0.05) is 0 Å². The predicted molar refractivity (Wildman–Crippen MR) is 43.7 cm³/mol. The van der Waals surface area contributed by atoms with Crippen LogP contribution in [0.1, 0.15) is 13.3 Å². The van der Waals surface area contributed by atoms with Crippen LogP contribution in [0.3, 0.4) is 0 Å². The Morgan fingerprint density at radius 3 is 3.00 bits per heavy atom. The van der Waals surface area contributed by atoms with Gasteiger partial charge in [0.2, 0.25) is 0 Å². The van der Waals surface area contributed by atoms with E-state index >= 15 is 0 Å². The van der Waals surface area contributed by atoms with Crippen LogP contribution in [0, 0.1) is 0 Å². The van der Waals surface area contributed by atoms with Crippen LogP contribution in [0.5, 0.6) is 0 Å². The molecule has 0 nitrogen and oxygen atoms in total. The first-order valence-electron chi connectivity index (χ1n) is 3.62. The molecule has 0 unspecified atom stereocenters. The van der Waals surface area contributed by atoms with Crippen LogP contribution in [-0.2, 0) is 0 Å². The average molecular weight is 130 g/mol. The van der Waals surface area contributed by atoms with E-state index in [0.29, 0.717) is 0 Å². The van der Waals surface area contributed by atoms with Crippen molar-refractivity contribution < 1.29 is 0 Å². The third-order valence-electron chi connectivity index (χ3n) is 1.97. The molecule has 0 fully saturated rings. The molecule has 0 saturated heterocycles. The highest BCUT2D eigenvalue weighted by Gasteiger charge is 2.19. The maximum Gasteiger partial charge on any atom is -0.00173 e. The fourth-order valence-corrected chi connectivity index (χ4v) is 1.23. The first-order chi connectivity index (χ1) is 4.88. The molecule has 0 N–H and O–H groups in total. The van der Waals surface area contributed by atoms with Crippen molar-refractivity contribution in [1.82, 2.24) is 0 Å². The maximum absolute atomic E-state index is 2.20. The molecule has 0 aliphatic heterocycles. The minimum Gasteiger partial charge on any atom is -0.0622 e. The zero-order valence-corrected chi connectivity index (χ0v) is 6.09.